The Labute approximate surface area is 98.4 Å². The summed E-state index contributed by atoms with van der Waals surface area (Å²) in [5, 5.41) is 0. The number of benzene rings is 1. The lowest BCUT2D eigenvalue weighted by atomic mass is 9.90. The Kier molecular flexibility index (Phi) is 3.77. The number of hydrogen-bond acceptors (Lipinski definition) is 1. The van der Waals surface area contributed by atoms with E-state index >= 15 is 0 Å². The summed E-state index contributed by atoms with van der Waals surface area (Å²) in [6, 6.07) is 4.17. The molecule has 2 unspecified atom stereocenters. The molecular weight excluding hydrogens is 234 g/mol. The molecule has 1 aliphatic heterocycles. The van der Waals surface area contributed by atoms with Gasteiger partial charge >= 0.3 is 0 Å². The summed E-state index contributed by atoms with van der Waals surface area (Å²) in [5.74, 6) is -1.18. The van der Waals surface area contributed by atoms with Crippen molar-refractivity contribution < 1.29 is 13.5 Å². The maximum absolute atomic E-state index is 13.6. The van der Waals surface area contributed by atoms with Crippen molar-refractivity contribution >= 4 is 11.6 Å². The van der Waals surface area contributed by atoms with Gasteiger partial charge in [0.1, 0.15) is 0 Å². The van der Waals surface area contributed by atoms with Crippen molar-refractivity contribution in [1.29, 1.82) is 0 Å². The molecule has 16 heavy (non-hydrogen) atoms. The van der Waals surface area contributed by atoms with Gasteiger partial charge in [-0.2, -0.15) is 0 Å². The zero-order valence-corrected chi connectivity index (χ0v) is 9.51. The van der Waals surface area contributed by atoms with Gasteiger partial charge in [-0.25, -0.2) is 8.78 Å². The van der Waals surface area contributed by atoms with Crippen molar-refractivity contribution in [3.05, 3.63) is 35.4 Å². The summed E-state index contributed by atoms with van der Waals surface area (Å²) in [6.45, 7) is 0.577. The third-order valence-corrected chi connectivity index (χ3v) is 3.33. The Morgan fingerprint density at radius 3 is 2.94 bits per heavy atom. The summed E-state index contributed by atoms with van der Waals surface area (Å²) in [6.07, 6.45) is 1.40. The molecule has 0 bridgehead atoms. The Morgan fingerprint density at radius 1 is 1.38 bits per heavy atom. The fraction of sp³-hybridized carbons (Fsp3) is 0.500. The molecule has 1 aliphatic rings. The van der Waals surface area contributed by atoms with Gasteiger partial charge in [0.25, 0.3) is 0 Å². The smallest absolute Gasteiger partial charge is 0.164 e. The van der Waals surface area contributed by atoms with Gasteiger partial charge in [-0.1, -0.05) is 12.1 Å². The third-order valence-electron chi connectivity index (χ3n) is 2.93. The maximum Gasteiger partial charge on any atom is 0.164 e. The molecule has 0 N–H and O–H groups in total. The van der Waals surface area contributed by atoms with Crippen LogP contribution in [0, 0.1) is 17.6 Å². The van der Waals surface area contributed by atoms with Crippen LogP contribution in [0.25, 0.3) is 0 Å². The molecule has 1 nitrogen and oxygen atoms in total. The molecule has 0 saturated carbocycles. The first-order chi connectivity index (χ1) is 7.74. The fourth-order valence-corrected chi connectivity index (χ4v) is 2.40. The second-order valence-electron chi connectivity index (χ2n) is 3.99. The van der Waals surface area contributed by atoms with Gasteiger partial charge in [0.05, 0.1) is 6.10 Å². The first kappa shape index (κ1) is 11.8. The van der Waals surface area contributed by atoms with E-state index < -0.39 is 17.7 Å². The van der Waals surface area contributed by atoms with Gasteiger partial charge in [-0.3, -0.25) is 0 Å². The Balaban J connectivity index is 2.30. The van der Waals surface area contributed by atoms with Crippen LogP contribution >= 0.6 is 11.6 Å². The highest BCUT2D eigenvalue weighted by Crippen LogP contribution is 2.35. The molecule has 1 aromatic rings. The SMILES string of the molecule is Fc1cccc(C2OCCCC2CCl)c1F. The molecular formula is C12H13ClF2O. The average Bonchev–Trinajstić information content (AvgIpc) is 2.33. The molecule has 0 radical (unpaired) electrons. The highest BCUT2D eigenvalue weighted by molar-refractivity contribution is 6.18. The van der Waals surface area contributed by atoms with E-state index in [1.54, 1.807) is 6.07 Å². The van der Waals surface area contributed by atoms with Crippen molar-refractivity contribution in [2.45, 2.75) is 18.9 Å². The van der Waals surface area contributed by atoms with E-state index in [2.05, 4.69) is 0 Å². The van der Waals surface area contributed by atoms with E-state index in [1.807, 2.05) is 0 Å². The molecule has 0 aliphatic carbocycles. The van der Waals surface area contributed by atoms with Gasteiger partial charge < -0.3 is 4.74 Å². The lowest BCUT2D eigenvalue weighted by molar-refractivity contribution is -0.0230. The quantitative estimate of drug-likeness (QED) is 0.724. The lowest BCUT2D eigenvalue weighted by Gasteiger charge is -2.30. The molecule has 2 atom stereocenters. The standard InChI is InChI=1S/C12H13ClF2O/c13-7-8-3-2-6-16-12(8)9-4-1-5-10(14)11(9)15/h1,4-5,8,12H,2-3,6-7H2. The highest BCUT2D eigenvalue weighted by atomic mass is 35.5. The van der Waals surface area contributed by atoms with Gasteiger partial charge in [-0.15, -0.1) is 11.6 Å². The number of hydrogen-bond donors (Lipinski definition) is 0. The minimum Gasteiger partial charge on any atom is -0.373 e. The topological polar surface area (TPSA) is 9.23 Å². The highest BCUT2D eigenvalue weighted by Gasteiger charge is 2.29. The predicted octanol–water partition coefficient (Wildman–Crippen LogP) is 3.67. The minimum absolute atomic E-state index is 0.0618. The zero-order chi connectivity index (χ0) is 11.5. The molecule has 4 heteroatoms. The predicted molar refractivity (Wildman–Crippen MR) is 58.5 cm³/mol. The van der Waals surface area contributed by atoms with Crippen LogP contribution in [0.1, 0.15) is 24.5 Å². The molecule has 1 aromatic carbocycles. The summed E-state index contributed by atoms with van der Waals surface area (Å²) < 4.78 is 32.2. The van der Waals surface area contributed by atoms with Crippen LogP contribution in [0.5, 0.6) is 0 Å². The molecule has 0 spiro atoms. The van der Waals surface area contributed by atoms with E-state index in [1.165, 1.54) is 6.07 Å². The van der Waals surface area contributed by atoms with Gasteiger partial charge in [-0.05, 0) is 18.9 Å². The van der Waals surface area contributed by atoms with Crippen LogP contribution in [0.15, 0.2) is 18.2 Å². The van der Waals surface area contributed by atoms with Crippen molar-refractivity contribution in [2.24, 2.45) is 5.92 Å². The van der Waals surface area contributed by atoms with Gasteiger partial charge in [0.15, 0.2) is 11.6 Å². The Morgan fingerprint density at radius 2 is 2.19 bits per heavy atom. The van der Waals surface area contributed by atoms with Crippen LogP contribution in [-0.4, -0.2) is 12.5 Å². The minimum atomic E-state index is -0.833. The molecule has 88 valence electrons. The van der Waals surface area contributed by atoms with Crippen molar-refractivity contribution in [3.63, 3.8) is 0 Å². The molecule has 0 amide bonds. The summed E-state index contributed by atoms with van der Waals surface area (Å²) in [7, 11) is 0. The van der Waals surface area contributed by atoms with E-state index in [0.717, 1.165) is 18.9 Å². The van der Waals surface area contributed by atoms with E-state index in [-0.39, 0.29) is 11.5 Å². The molecule has 1 saturated heterocycles. The normalized spacial score (nSPS) is 25.7. The number of rotatable bonds is 2. The molecule has 1 fully saturated rings. The Bertz CT molecular complexity index is 370. The monoisotopic (exact) mass is 246 g/mol. The summed E-state index contributed by atoms with van der Waals surface area (Å²) in [5.41, 5.74) is 0.283. The number of halogens is 3. The van der Waals surface area contributed by atoms with Crippen molar-refractivity contribution in [1.82, 2.24) is 0 Å². The average molecular weight is 247 g/mol. The van der Waals surface area contributed by atoms with Crippen LogP contribution in [0.4, 0.5) is 8.78 Å². The molecule has 1 heterocycles. The van der Waals surface area contributed by atoms with E-state index in [0.29, 0.717) is 12.5 Å². The zero-order valence-electron chi connectivity index (χ0n) is 8.76. The first-order valence-electron chi connectivity index (χ1n) is 5.35. The summed E-state index contributed by atoms with van der Waals surface area (Å²) >= 11 is 5.82. The largest absolute Gasteiger partial charge is 0.373 e. The van der Waals surface area contributed by atoms with E-state index in [4.69, 9.17) is 16.3 Å². The van der Waals surface area contributed by atoms with Crippen molar-refractivity contribution in [3.8, 4) is 0 Å². The van der Waals surface area contributed by atoms with E-state index in [9.17, 15) is 8.78 Å². The second-order valence-corrected chi connectivity index (χ2v) is 4.30. The van der Waals surface area contributed by atoms with Crippen LogP contribution < -0.4 is 0 Å². The fourth-order valence-electron chi connectivity index (χ4n) is 2.09. The van der Waals surface area contributed by atoms with Crippen LogP contribution in [0.3, 0.4) is 0 Å². The van der Waals surface area contributed by atoms with Gasteiger partial charge in [0, 0.05) is 24.0 Å². The van der Waals surface area contributed by atoms with Crippen LogP contribution in [-0.2, 0) is 4.74 Å². The van der Waals surface area contributed by atoms with Crippen LogP contribution in [0.2, 0.25) is 0 Å². The van der Waals surface area contributed by atoms with Gasteiger partial charge in [0.2, 0.25) is 0 Å². The third kappa shape index (κ3) is 2.20. The maximum atomic E-state index is 13.6. The second kappa shape index (κ2) is 5.11. The summed E-state index contributed by atoms with van der Waals surface area (Å²) in [4.78, 5) is 0. The Hall–Kier alpha value is -0.670. The molecule has 0 aromatic heterocycles. The molecule has 2 rings (SSSR count). The first-order valence-corrected chi connectivity index (χ1v) is 5.89. The number of alkyl halides is 1. The number of ether oxygens (including phenoxy) is 1. The van der Waals surface area contributed by atoms with Crippen molar-refractivity contribution in [2.75, 3.05) is 12.5 Å². The lowest BCUT2D eigenvalue weighted by Crippen LogP contribution is -2.24.